The normalized spacial score (nSPS) is 16.6. The number of benzene rings is 2. The maximum absolute atomic E-state index is 12.6. The molecule has 0 unspecified atom stereocenters. The molecule has 1 saturated heterocycles. The molecule has 1 atom stereocenters. The number of urea groups is 1. The first-order valence-electron chi connectivity index (χ1n) is 8.82. The highest BCUT2D eigenvalue weighted by Crippen LogP contribution is 2.28. The Kier molecular flexibility index (Phi) is 5.81. The number of nitrogens with one attached hydrogen (secondary N) is 1. The van der Waals surface area contributed by atoms with Gasteiger partial charge in [0.15, 0.2) is 0 Å². The van der Waals surface area contributed by atoms with Gasteiger partial charge in [-0.3, -0.25) is 9.69 Å². The van der Waals surface area contributed by atoms with Crippen LogP contribution in [0.5, 0.6) is 5.75 Å². The van der Waals surface area contributed by atoms with Gasteiger partial charge >= 0.3 is 6.03 Å². The molecule has 27 heavy (non-hydrogen) atoms. The summed E-state index contributed by atoms with van der Waals surface area (Å²) in [6.07, 6.45) is 2.55. The molecule has 2 aromatic carbocycles. The summed E-state index contributed by atoms with van der Waals surface area (Å²) in [6, 6.07) is 14.2. The van der Waals surface area contributed by atoms with Crippen LogP contribution in [0.2, 0.25) is 5.02 Å². The number of hydrogen-bond acceptors (Lipinski definition) is 3. The van der Waals surface area contributed by atoms with Crippen LogP contribution in [0.3, 0.4) is 0 Å². The van der Waals surface area contributed by atoms with Crippen LogP contribution in [0.15, 0.2) is 54.2 Å². The molecule has 2 aromatic rings. The lowest BCUT2D eigenvalue weighted by Crippen LogP contribution is -2.30. The maximum Gasteiger partial charge on any atom is 0.329 e. The van der Waals surface area contributed by atoms with Crippen LogP contribution >= 0.6 is 11.6 Å². The quantitative estimate of drug-likeness (QED) is 0.584. The highest BCUT2D eigenvalue weighted by atomic mass is 35.5. The first-order chi connectivity index (χ1) is 13.0. The summed E-state index contributed by atoms with van der Waals surface area (Å²) in [6.45, 7) is 4.23. The van der Waals surface area contributed by atoms with E-state index >= 15 is 0 Å². The highest BCUT2D eigenvalue weighted by molar-refractivity contribution is 6.32. The summed E-state index contributed by atoms with van der Waals surface area (Å²) in [7, 11) is 0. The Bertz CT molecular complexity index is 880. The van der Waals surface area contributed by atoms with Crippen molar-refractivity contribution in [2.75, 3.05) is 0 Å². The lowest BCUT2D eigenvalue weighted by Gasteiger charge is -2.14. The van der Waals surface area contributed by atoms with E-state index in [1.165, 1.54) is 4.90 Å². The zero-order valence-electron chi connectivity index (χ0n) is 15.2. The monoisotopic (exact) mass is 384 g/mol. The van der Waals surface area contributed by atoms with Gasteiger partial charge < -0.3 is 10.1 Å². The Balaban J connectivity index is 1.76. The summed E-state index contributed by atoms with van der Waals surface area (Å²) in [5.74, 6) is 0.237. The molecule has 1 fully saturated rings. The molecule has 0 radical (unpaired) electrons. The summed E-state index contributed by atoms with van der Waals surface area (Å²) in [5, 5.41) is 3.08. The number of rotatable bonds is 6. The van der Waals surface area contributed by atoms with Gasteiger partial charge in [0.1, 0.15) is 11.4 Å². The Morgan fingerprint density at radius 3 is 2.59 bits per heavy atom. The molecular formula is C21H21ClN2O3. The Labute approximate surface area is 163 Å². The number of amides is 3. The molecule has 0 saturated carbocycles. The number of ether oxygens (including phenoxy) is 1. The van der Waals surface area contributed by atoms with Gasteiger partial charge in [-0.1, -0.05) is 54.9 Å². The molecule has 0 bridgehead atoms. The van der Waals surface area contributed by atoms with E-state index < -0.39 is 6.03 Å². The Morgan fingerprint density at radius 2 is 1.93 bits per heavy atom. The smallest absolute Gasteiger partial charge is 0.329 e. The van der Waals surface area contributed by atoms with Crippen LogP contribution < -0.4 is 10.1 Å². The van der Waals surface area contributed by atoms with Crippen molar-refractivity contribution >= 4 is 29.6 Å². The number of nitrogens with zero attached hydrogens (tertiary/aromatic N) is 1. The van der Waals surface area contributed by atoms with Crippen molar-refractivity contribution in [1.29, 1.82) is 0 Å². The van der Waals surface area contributed by atoms with Crippen molar-refractivity contribution in [3.8, 4) is 5.75 Å². The second-order valence-corrected chi connectivity index (χ2v) is 6.80. The fraction of sp³-hybridized carbons (Fsp3) is 0.238. The van der Waals surface area contributed by atoms with Crippen molar-refractivity contribution in [2.24, 2.45) is 0 Å². The molecule has 1 heterocycles. The molecule has 0 aromatic heterocycles. The molecule has 3 rings (SSSR count). The third-order valence-corrected chi connectivity index (χ3v) is 4.61. The fourth-order valence-electron chi connectivity index (χ4n) is 2.65. The van der Waals surface area contributed by atoms with Crippen LogP contribution in [-0.4, -0.2) is 22.9 Å². The number of halogens is 1. The number of carbonyl (C=O) groups excluding carboxylic acids is 2. The third kappa shape index (κ3) is 4.49. The zero-order valence-corrected chi connectivity index (χ0v) is 16.0. The number of hydrogen-bond donors (Lipinski definition) is 1. The molecule has 140 valence electrons. The van der Waals surface area contributed by atoms with E-state index in [4.69, 9.17) is 16.3 Å². The minimum absolute atomic E-state index is 0.0638. The fourth-order valence-corrected chi connectivity index (χ4v) is 2.88. The second kappa shape index (κ2) is 8.27. The van der Waals surface area contributed by atoms with E-state index in [9.17, 15) is 9.59 Å². The molecular weight excluding hydrogens is 364 g/mol. The van der Waals surface area contributed by atoms with Crippen LogP contribution in [0, 0.1) is 0 Å². The van der Waals surface area contributed by atoms with E-state index in [2.05, 4.69) is 5.32 Å². The van der Waals surface area contributed by atoms with Gasteiger partial charge in [-0.05, 0) is 42.7 Å². The summed E-state index contributed by atoms with van der Waals surface area (Å²) in [4.78, 5) is 25.9. The Morgan fingerprint density at radius 1 is 1.19 bits per heavy atom. The third-order valence-electron chi connectivity index (χ3n) is 4.32. The average molecular weight is 385 g/mol. The largest absolute Gasteiger partial charge is 0.489 e. The lowest BCUT2D eigenvalue weighted by atomic mass is 10.1. The first-order valence-corrected chi connectivity index (χ1v) is 9.20. The highest BCUT2D eigenvalue weighted by Gasteiger charge is 2.33. The van der Waals surface area contributed by atoms with Crippen LogP contribution in [0.1, 0.15) is 31.4 Å². The van der Waals surface area contributed by atoms with E-state index in [0.29, 0.717) is 16.3 Å². The predicted octanol–water partition coefficient (Wildman–Crippen LogP) is 4.61. The topological polar surface area (TPSA) is 58.6 Å². The standard InChI is InChI=1S/C21H21ClN2O3/c1-3-14(2)27-19-10-9-16(11-17(19)22)12-18-20(25)24(21(26)23-18)13-15-7-5-4-6-8-15/h4-12,14H,3,13H2,1-2H3,(H,23,26)/b18-12-/t14-/m0/s1. The van der Waals surface area contributed by atoms with Gasteiger partial charge in [-0.25, -0.2) is 4.79 Å². The molecule has 6 heteroatoms. The average Bonchev–Trinajstić information content (AvgIpc) is 2.92. The second-order valence-electron chi connectivity index (χ2n) is 6.39. The van der Waals surface area contributed by atoms with Crippen LogP contribution in [0.4, 0.5) is 4.79 Å². The summed E-state index contributed by atoms with van der Waals surface area (Å²) in [5.41, 5.74) is 1.82. The van der Waals surface area contributed by atoms with Gasteiger partial charge in [-0.15, -0.1) is 0 Å². The van der Waals surface area contributed by atoms with Crippen LogP contribution in [0.25, 0.3) is 6.08 Å². The van der Waals surface area contributed by atoms with Crippen molar-refractivity contribution in [3.05, 3.63) is 70.4 Å². The number of carbonyl (C=O) groups is 2. The maximum atomic E-state index is 12.6. The van der Waals surface area contributed by atoms with Crippen molar-refractivity contribution in [1.82, 2.24) is 10.2 Å². The van der Waals surface area contributed by atoms with Crippen molar-refractivity contribution in [3.63, 3.8) is 0 Å². The summed E-state index contributed by atoms with van der Waals surface area (Å²) >= 11 is 6.28. The molecule has 1 N–H and O–H groups in total. The lowest BCUT2D eigenvalue weighted by molar-refractivity contribution is -0.123. The van der Waals surface area contributed by atoms with Crippen LogP contribution in [-0.2, 0) is 11.3 Å². The molecule has 1 aliphatic heterocycles. The number of imide groups is 1. The van der Waals surface area contributed by atoms with Crippen molar-refractivity contribution < 1.29 is 14.3 Å². The van der Waals surface area contributed by atoms with Gasteiger partial charge in [0.05, 0.1) is 17.7 Å². The minimum Gasteiger partial charge on any atom is -0.489 e. The molecule has 0 spiro atoms. The van der Waals surface area contributed by atoms with E-state index in [-0.39, 0.29) is 24.3 Å². The van der Waals surface area contributed by atoms with Gasteiger partial charge in [-0.2, -0.15) is 0 Å². The molecule has 3 amide bonds. The van der Waals surface area contributed by atoms with Gasteiger partial charge in [0.2, 0.25) is 0 Å². The van der Waals surface area contributed by atoms with Crippen molar-refractivity contribution in [2.45, 2.75) is 32.9 Å². The molecule has 0 aliphatic carbocycles. The molecule has 1 aliphatic rings. The van der Waals surface area contributed by atoms with E-state index in [1.54, 1.807) is 24.3 Å². The first kappa shape index (κ1) is 19.0. The summed E-state index contributed by atoms with van der Waals surface area (Å²) < 4.78 is 5.74. The minimum atomic E-state index is -0.432. The predicted molar refractivity (Wildman–Crippen MR) is 105 cm³/mol. The zero-order chi connectivity index (χ0) is 19.4. The molecule has 5 nitrogen and oxygen atoms in total. The SMILES string of the molecule is CC[C@H](C)Oc1ccc(/C=C2\NC(=O)N(Cc3ccccc3)C2=O)cc1Cl. The Hall–Kier alpha value is -2.79. The van der Waals surface area contributed by atoms with E-state index in [1.807, 2.05) is 44.2 Å². The van der Waals surface area contributed by atoms with E-state index in [0.717, 1.165) is 12.0 Å². The van der Waals surface area contributed by atoms with Gasteiger partial charge in [0, 0.05) is 0 Å². The van der Waals surface area contributed by atoms with Gasteiger partial charge in [0.25, 0.3) is 5.91 Å².